The van der Waals surface area contributed by atoms with E-state index in [1.54, 1.807) is 24.3 Å². The van der Waals surface area contributed by atoms with E-state index in [0.29, 0.717) is 56.2 Å². The fourth-order valence-electron chi connectivity index (χ4n) is 10.8. The van der Waals surface area contributed by atoms with Crippen molar-refractivity contribution in [3.05, 3.63) is 30.2 Å². The molecule has 2 unspecified atom stereocenters. The minimum Gasteiger partial charge on any atom is -0.434 e. The summed E-state index contributed by atoms with van der Waals surface area (Å²) in [6, 6.07) is 2.19. The normalized spacial score (nSPS) is 35.3. The highest BCUT2D eigenvalue weighted by Crippen LogP contribution is 2.64. The number of carbonyl (C=O) groups is 5. The standard InChI is InChI=1S/C35H39F4N5O6/c36-34-14-17-9-18(15-34)13-33(12-17,16-34)27(43-32(49)35(37,38)39)31(48)44-21-6-5-19(10-21)25(44)29(47)41-23(11-20-7-8-40-28(20)46)26(45)30-42-22-3-1-2-4-24(22)50-30/h1-4,17-21,23,25,27H,5-16H2,(H,40,46)(H,41,47)(H,43,49)/t17?,18?,19-,20-,21+,23-,25-,27+,33?,34?/m0/s1. The molecule has 11 nitrogen and oxygen atoms in total. The quantitative estimate of drug-likeness (QED) is 0.266. The van der Waals surface area contributed by atoms with Crippen molar-refractivity contribution in [3.8, 4) is 0 Å². The van der Waals surface area contributed by atoms with Gasteiger partial charge in [-0.25, -0.2) is 9.37 Å². The summed E-state index contributed by atoms with van der Waals surface area (Å²) >= 11 is 0. The van der Waals surface area contributed by atoms with Crippen LogP contribution in [-0.4, -0.2) is 81.9 Å². The average molecular weight is 702 g/mol. The number of aromatic nitrogens is 1. The Kier molecular flexibility index (Phi) is 7.79. The molecule has 50 heavy (non-hydrogen) atoms. The second-order valence-electron chi connectivity index (χ2n) is 15.7. The zero-order chi connectivity index (χ0) is 35.2. The smallest absolute Gasteiger partial charge is 0.434 e. The fraction of sp³-hybridized carbons (Fsp3) is 0.657. The molecule has 5 saturated carbocycles. The monoisotopic (exact) mass is 701 g/mol. The predicted molar refractivity (Wildman–Crippen MR) is 167 cm³/mol. The number of para-hydroxylation sites is 2. The van der Waals surface area contributed by atoms with Crippen LogP contribution in [0.25, 0.3) is 11.1 Å². The summed E-state index contributed by atoms with van der Waals surface area (Å²) in [5.74, 6) is -6.12. The number of carbonyl (C=O) groups excluding carboxylic acids is 5. The van der Waals surface area contributed by atoms with Crippen LogP contribution in [0.15, 0.2) is 28.7 Å². The summed E-state index contributed by atoms with van der Waals surface area (Å²) in [6.45, 7) is 0.407. The van der Waals surface area contributed by atoms with Crippen LogP contribution in [0.2, 0.25) is 0 Å². The second-order valence-corrected chi connectivity index (χ2v) is 15.7. The van der Waals surface area contributed by atoms with Gasteiger partial charge in [0, 0.05) is 23.9 Å². The molecule has 7 fully saturated rings. The molecule has 4 amide bonds. The highest BCUT2D eigenvalue weighted by molar-refractivity contribution is 6.02. The zero-order valence-electron chi connectivity index (χ0n) is 27.3. The van der Waals surface area contributed by atoms with Gasteiger partial charge in [-0.2, -0.15) is 13.2 Å². The molecular weight excluding hydrogens is 662 g/mol. The molecule has 2 saturated heterocycles. The van der Waals surface area contributed by atoms with Crippen molar-refractivity contribution in [1.29, 1.82) is 0 Å². The van der Waals surface area contributed by atoms with Crippen molar-refractivity contribution >= 4 is 40.5 Å². The lowest BCUT2D eigenvalue weighted by molar-refractivity contribution is -0.183. The fourth-order valence-corrected chi connectivity index (χ4v) is 10.8. The minimum atomic E-state index is -5.28. The van der Waals surface area contributed by atoms with Crippen LogP contribution in [0.5, 0.6) is 0 Å². The SMILES string of the molecule is O=C1NCC[C@H]1C[C@H](NC(=O)[C@@H]1[C@H]2CC[C@H](C2)N1C(=O)[C@@H](NC(=O)C(F)(F)F)C12CC3CC(CC(F)(C3)C1)C2)C(=O)c1nc2ccccc2o1. The summed E-state index contributed by atoms with van der Waals surface area (Å²) in [4.78, 5) is 73.5. The Bertz CT molecular complexity index is 1710. The first-order valence-electron chi connectivity index (χ1n) is 17.6. The Morgan fingerprint density at radius 3 is 2.42 bits per heavy atom. The summed E-state index contributed by atoms with van der Waals surface area (Å²) < 4.78 is 63.0. The molecule has 15 heteroatoms. The number of ketones is 1. The lowest BCUT2D eigenvalue weighted by Crippen LogP contribution is -2.68. The van der Waals surface area contributed by atoms with Gasteiger partial charge in [-0.15, -0.1) is 0 Å². The number of nitrogens with zero attached hydrogens (tertiary/aromatic N) is 2. The average Bonchev–Trinajstić information content (AvgIpc) is 3.85. The number of amides is 4. The number of benzene rings is 1. The van der Waals surface area contributed by atoms with E-state index < -0.39 is 70.9 Å². The molecule has 1 aromatic carbocycles. The molecule has 9 rings (SSSR count). The summed E-state index contributed by atoms with van der Waals surface area (Å²) in [5, 5.41) is 7.50. The van der Waals surface area contributed by atoms with Gasteiger partial charge in [0.2, 0.25) is 23.5 Å². The van der Waals surface area contributed by atoms with Crippen LogP contribution < -0.4 is 16.0 Å². The zero-order valence-corrected chi connectivity index (χ0v) is 27.3. The van der Waals surface area contributed by atoms with E-state index in [2.05, 4.69) is 15.6 Å². The van der Waals surface area contributed by atoms with Crippen molar-refractivity contribution in [2.45, 2.75) is 107 Å². The van der Waals surface area contributed by atoms with E-state index >= 15 is 4.39 Å². The van der Waals surface area contributed by atoms with E-state index in [1.165, 1.54) is 4.90 Å². The first kappa shape index (κ1) is 33.1. The van der Waals surface area contributed by atoms with Gasteiger partial charge >= 0.3 is 12.1 Å². The van der Waals surface area contributed by atoms with Crippen LogP contribution in [0.4, 0.5) is 17.6 Å². The van der Waals surface area contributed by atoms with E-state index in [4.69, 9.17) is 4.42 Å². The van der Waals surface area contributed by atoms with Crippen molar-refractivity contribution in [2.24, 2.45) is 29.1 Å². The molecule has 2 aromatic rings. The molecule has 6 bridgehead atoms. The number of piperidine rings is 1. The van der Waals surface area contributed by atoms with Gasteiger partial charge in [0.05, 0.1) is 6.04 Å². The first-order valence-corrected chi connectivity index (χ1v) is 17.6. The number of hydrogen-bond donors (Lipinski definition) is 3. The second kappa shape index (κ2) is 11.8. The van der Waals surface area contributed by atoms with Crippen molar-refractivity contribution in [2.75, 3.05) is 6.54 Å². The summed E-state index contributed by atoms with van der Waals surface area (Å²) in [6.07, 6.45) is -1.60. The maximum Gasteiger partial charge on any atom is 0.471 e. The number of fused-ring (bicyclic) bond motifs is 3. The Balaban J connectivity index is 1.10. The van der Waals surface area contributed by atoms with Gasteiger partial charge < -0.3 is 25.3 Å². The van der Waals surface area contributed by atoms with E-state index in [0.717, 1.165) is 6.42 Å². The van der Waals surface area contributed by atoms with Crippen LogP contribution in [0.1, 0.15) is 81.3 Å². The van der Waals surface area contributed by atoms with Crippen LogP contribution in [0, 0.1) is 29.1 Å². The molecule has 3 heterocycles. The first-order chi connectivity index (χ1) is 23.7. The molecule has 3 N–H and O–H groups in total. The largest absolute Gasteiger partial charge is 0.471 e. The van der Waals surface area contributed by atoms with Crippen molar-refractivity contribution in [1.82, 2.24) is 25.8 Å². The van der Waals surface area contributed by atoms with Gasteiger partial charge in [0.1, 0.15) is 23.3 Å². The molecule has 8 atom stereocenters. The van der Waals surface area contributed by atoms with Gasteiger partial charge in [-0.1, -0.05) is 12.1 Å². The molecule has 1 aromatic heterocycles. The number of oxazole rings is 1. The molecule has 268 valence electrons. The summed E-state index contributed by atoms with van der Waals surface area (Å²) in [7, 11) is 0. The third kappa shape index (κ3) is 5.64. The number of nitrogens with one attached hydrogen (secondary N) is 3. The van der Waals surface area contributed by atoms with Gasteiger partial charge in [-0.3, -0.25) is 24.0 Å². The number of halogens is 4. The molecule has 5 aliphatic carbocycles. The number of alkyl halides is 4. The minimum absolute atomic E-state index is 0.0569. The number of Topliss-reactive ketones (excluding diaryl/α,β-unsaturated/α-hetero) is 1. The van der Waals surface area contributed by atoms with E-state index in [9.17, 15) is 37.1 Å². The number of hydrogen-bond acceptors (Lipinski definition) is 7. The Labute approximate surface area is 284 Å². The van der Waals surface area contributed by atoms with Gasteiger partial charge in [0.15, 0.2) is 5.58 Å². The number of rotatable bonds is 9. The maximum atomic E-state index is 16.1. The third-order valence-corrected chi connectivity index (χ3v) is 12.4. The Hall–Kier alpha value is -4.04. The van der Waals surface area contributed by atoms with E-state index in [1.807, 2.05) is 5.32 Å². The van der Waals surface area contributed by atoms with Crippen LogP contribution >= 0.6 is 0 Å². The predicted octanol–water partition coefficient (Wildman–Crippen LogP) is 3.76. The molecule has 0 spiro atoms. The van der Waals surface area contributed by atoms with Crippen LogP contribution in [-0.2, 0) is 19.2 Å². The van der Waals surface area contributed by atoms with Crippen LogP contribution in [0.3, 0.4) is 0 Å². The molecular formula is C35H39F4N5O6. The molecule has 2 aliphatic heterocycles. The number of likely N-dealkylation sites (tertiary alicyclic amines) is 1. The lowest BCUT2D eigenvalue weighted by atomic mass is 9.46. The highest BCUT2D eigenvalue weighted by Gasteiger charge is 2.65. The molecule has 7 aliphatic rings. The van der Waals surface area contributed by atoms with Crippen molar-refractivity contribution in [3.63, 3.8) is 0 Å². The van der Waals surface area contributed by atoms with Gasteiger partial charge in [-0.05, 0) is 101 Å². The van der Waals surface area contributed by atoms with E-state index in [-0.39, 0.29) is 55.2 Å². The Morgan fingerprint density at radius 2 is 1.76 bits per heavy atom. The topological polar surface area (TPSA) is 151 Å². The highest BCUT2D eigenvalue weighted by atomic mass is 19.4. The third-order valence-electron chi connectivity index (χ3n) is 12.4. The van der Waals surface area contributed by atoms with Crippen molar-refractivity contribution < 1.29 is 46.0 Å². The summed E-state index contributed by atoms with van der Waals surface area (Å²) in [5.41, 5.74) is -2.06. The maximum absolute atomic E-state index is 16.1. The van der Waals surface area contributed by atoms with Gasteiger partial charge in [0.25, 0.3) is 5.89 Å². The Morgan fingerprint density at radius 1 is 1.02 bits per heavy atom. The molecule has 0 radical (unpaired) electrons. The lowest BCUT2D eigenvalue weighted by Gasteiger charge is -2.61.